The molecule has 0 radical (unpaired) electrons. The average molecular weight is 390 g/mol. The van der Waals surface area contributed by atoms with Crippen molar-refractivity contribution in [3.8, 4) is 11.5 Å². The maximum absolute atomic E-state index is 5.82. The van der Waals surface area contributed by atoms with Crippen molar-refractivity contribution < 1.29 is 9.47 Å². The highest BCUT2D eigenvalue weighted by Gasteiger charge is 2.12. The molecular weight excluding hydrogens is 358 g/mol. The predicted octanol–water partition coefficient (Wildman–Crippen LogP) is 7.51. The highest BCUT2D eigenvalue weighted by Crippen LogP contribution is 2.35. The zero-order valence-electron chi connectivity index (χ0n) is 17.5. The largest absolute Gasteiger partial charge is 0.494 e. The molecule has 0 atom stereocenters. The van der Waals surface area contributed by atoms with Gasteiger partial charge in [0.15, 0.2) is 0 Å². The highest BCUT2D eigenvalue weighted by atomic mass is 16.5. The second-order valence-corrected chi connectivity index (χ2v) is 7.06. The van der Waals surface area contributed by atoms with Crippen LogP contribution < -0.4 is 14.4 Å². The first-order valence-electron chi connectivity index (χ1n) is 10.6. The number of unbranched alkanes of at least 4 members (excludes halogenated alkanes) is 2. The van der Waals surface area contributed by atoms with Crippen LogP contribution in [0, 0.1) is 0 Å². The molecule has 29 heavy (non-hydrogen) atoms. The Kier molecular flexibility index (Phi) is 8.00. The van der Waals surface area contributed by atoms with Gasteiger partial charge < -0.3 is 14.4 Å². The first kappa shape index (κ1) is 20.8. The topological polar surface area (TPSA) is 21.7 Å². The summed E-state index contributed by atoms with van der Waals surface area (Å²) < 4.78 is 11.6. The van der Waals surface area contributed by atoms with Crippen LogP contribution in [0.15, 0.2) is 78.9 Å². The summed E-state index contributed by atoms with van der Waals surface area (Å²) in [4.78, 5) is 2.24. The zero-order chi connectivity index (χ0) is 20.3. The lowest BCUT2D eigenvalue weighted by atomic mass is 10.2. The number of rotatable bonds is 11. The van der Waals surface area contributed by atoms with E-state index >= 15 is 0 Å². The third-order valence-corrected chi connectivity index (χ3v) is 4.74. The van der Waals surface area contributed by atoms with Gasteiger partial charge in [-0.15, -0.1) is 0 Å². The maximum Gasteiger partial charge on any atom is 0.119 e. The number of hydrogen-bond acceptors (Lipinski definition) is 3. The molecule has 0 aliphatic heterocycles. The van der Waals surface area contributed by atoms with Crippen LogP contribution in [0.1, 0.15) is 39.5 Å². The average Bonchev–Trinajstić information content (AvgIpc) is 2.77. The van der Waals surface area contributed by atoms with E-state index in [1.54, 1.807) is 0 Å². The van der Waals surface area contributed by atoms with E-state index in [2.05, 4.69) is 67.3 Å². The molecule has 3 aromatic carbocycles. The molecule has 0 aliphatic carbocycles. The quantitative estimate of drug-likeness (QED) is 0.317. The highest BCUT2D eigenvalue weighted by molar-refractivity contribution is 5.76. The van der Waals surface area contributed by atoms with E-state index in [4.69, 9.17) is 9.47 Å². The Labute approximate surface area is 174 Å². The van der Waals surface area contributed by atoms with E-state index in [9.17, 15) is 0 Å². The first-order chi connectivity index (χ1) is 14.3. The lowest BCUT2D eigenvalue weighted by molar-refractivity contribution is 0.309. The number of benzene rings is 3. The summed E-state index contributed by atoms with van der Waals surface area (Å²) in [5.74, 6) is 1.82. The monoisotopic (exact) mass is 389 g/mol. The Balaban J connectivity index is 1.82. The first-order valence-corrected chi connectivity index (χ1v) is 10.6. The molecule has 0 N–H and O–H groups in total. The molecule has 0 bridgehead atoms. The van der Waals surface area contributed by atoms with E-state index < -0.39 is 0 Å². The molecule has 0 saturated heterocycles. The molecule has 0 amide bonds. The van der Waals surface area contributed by atoms with Gasteiger partial charge in [0.05, 0.1) is 13.2 Å². The van der Waals surface area contributed by atoms with Gasteiger partial charge in [0, 0.05) is 17.1 Å². The van der Waals surface area contributed by atoms with E-state index in [1.165, 1.54) is 0 Å². The molecule has 3 heteroatoms. The van der Waals surface area contributed by atoms with Crippen molar-refractivity contribution in [2.45, 2.75) is 39.5 Å². The van der Waals surface area contributed by atoms with Crippen LogP contribution in [0.5, 0.6) is 11.5 Å². The molecule has 0 aliphatic rings. The molecule has 3 aromatic rings. The summed E-state index contributed by atoms with van der Waals surface area (Å²) in [6.45, 7) is 5.87. The summed E-state index contributed by atoms with van der Waals surface area (Å²) in [6, 6.07) is 27.0. The minimum atomic E-state index is 0.762. The van der Waals surface area contributed by atoms with E-state index in [0.717, 1.165) is 67.5 Å². The smallest absolute Gasteiger partial charge is 0.119 e. The molecule has 0 unspecified atom stereocenters. The molecule has 3 nitrogen and oxygen atoms in total. The lowest BCUT2D eigenvalue weighted by Crippen LogP contribution is -2.10. The third-order valence-electron chi connectivity index (χ3n) is 4.74. The molecule has 0 fully saturated rings. The second-order valence-electron chi connectivity index (χ2n) is 7.06. The number of ether oxygens (including phenoxy) is 2. The Morgan fingerprint density at radius 3 is 1.38 bits per heavy atom. The minimum absolute atomic E-state index is 0.762. The van der Waals surface area contributed by atoms with Crippen molar-refractivity contribution in [1.82, 2.24) is 0 Å². The standard InChI is InChI=1S/C26H31NO2/c1-3-5-20-28-25-16-12-23(13-17-25)27(22-10-8-7-9-11-22)24-14-18-26(19-15-24)29-21-6-4-2/h7-19H,3-6,20-21H2,1-2H3. The van der Waals surface area contributed by atoms with Gasteiger partial charge in [-0.05, 0) is 73.5 Å². The van der Waals surface area contributed by atoms with Gasteiger partial charge >= 0.3 is 0 Å². The fourth-order valence-electron chi connectivity index (χ4n) is 3.08. The molecule has 0 aromatic heterocycles. The molecule has 0 spiro atoms. The third kappa shape index (κ3) is 6.02. The van der Waals surface area contributed by atoms with Crippen LogP contribution >= 0.6 is 0 Å². The van der Waals surface area contributed by atoms with Gasteiger partial charge in [-0.3, -0.25) is 0 Å². The van der Waals surface area contributed by atoms with Crippen molar-refractivity contribution in [2.24, 2.45) is 0 Å². The van der Waals surface area contributed by atoms with E-state index in [-0.39, 0.29) is 0 Å². The lowest BCUT2D eigenvalue weighted by Gasteiger charge is -2.25. The van der Waals surface area contributed by atoms with E-state index in [0.29, 0.717) is 0 Å². The normalized spacial score (nSPS) is 10.6. The maximum atomic E-state index is 5.82. The van der Waals surface area contributed by atoms with Gasteiger partial charge in [0.25, 0.3) is 0 Å². The van der Waals surface area contributed by atoms with Crippen molar-refractivity contribution in [3.05, 3.63) is 78.9 Å². The SMILES string of the molecule is CCCCOc1ccc(N(c2ccccc2)c2ccc(OCCCC)cc2)cc1. The minimum Gasteiger partial charge on any atom is -0.494 e. The van der Waals surface area contributed by atoms with Crippen molar-refractivity contribution >= 4 is 17.1 Å². The van der Waals surface area contributed by atoms with Gasteiger partial charge in [0.2, 0.25) is 0 Å². The van der Waals surface area contributed by atoms with Crippen molar-refractivity contribution in [3.63, 3.8) is 0 Å². The Bertz CT molecular complexity index is 775. The molecule has 0 saturated carbocycles. The summed E-state index contributed by atoms with van der Waals surface area (Å²) in [5, 5.41) is 0. The number of nitrogens with zero attached hydrogens (tertiary/aromatic N) is 1. The molecule has 3 rings (SSSR count). The van der Waals surface area contributed by atoms with Crippen molar-refractivity contribution in [2.75, 3.05) is 18.1 Å². The summed E-state index contributed by atoms with van der Waals surface area (Å²) >= 11 is 0. The molecular formula is C26H31NO2. The summed E-state index contributed by atoms with van der Waals surface area (Å²) in [6.07, 6.45) is 4.42. The Morgan fingerprint density at radius 1 is 0.552 bits per heavy atom. The van der Waals surface area contributed by atoms with Crippen molar-refractivity contribution in [1.29, 1.82) is 0 Å². The molecule has 0 heterocycles. The van der Waals surface area contributed by atoms with E-state index in [1.807, 2.05) is 30.3 Å². The second kappa shape index (κ2) is 11.2. The zero-order valence-corrected chi connectivity index (χ0v) is 17.5. The van der Waals surface area contributed by atoms with Crippen LogP contribution in [0.25, 0.3) is 0 Å². The van der Waals surface area contributed by atoms with Crippen LogP contribution in [0.4, 0.5) is 17.1 Å². The Morgan fingerprint density at radius 2 is 0.966 bits per heavy atom. The van der Waals surface area contributed by atoms with Gasteiger partial charge in [-0.2, -0.15) is 0 Å². The summed E-state index contributed by atoms with van der Waals surface area (Å²) in [7, 11) is 0. The van der Waals surface area contributed by atoms with Crippen LogP contribution in [-0.4, -0.2) is 13.2 Å². The van der Waals surface area contributed by atoms with Crippen LogP contribution in [-0.2, 0) is 0 Å². The van der Waals surface area contributed by atoms with Gasteiger partial charge in [0.1, 0.15) is 11.5 Å². The fraction of sp³-hybridized carbons (Fsp3) is 0.308. The van der Waals surface area contributed by atoms with Gasteiger partial charge in [-0.25, -0.2) is 0 Å². The fourth-order valence-corrected chi connectivity index (χ4v) is 3.08. The number of para-hydroxylation sites is 1. The number of anilines is 3. The van der Waals surface area contributed by atoms with Crippen LogP contribution in [0.2, 0.25) is 0 Å². The van der Waals surface area contributed by atoms with Gasteiger partial charge in [-0.1, -0.05) is 44.9 Å². The van der Waals surface area contributed by atoms with Crippen LogP contribution in [0.3, 0.4) is 0 Å². The predicted molar refractivity (Wildman–Crippen MR) is 122 cm³/mol. The number of hydrogen-bond donors (Lipinski definition) is 0. The summed E-state index contributed by atoms with van der Waals surface area (Å²) in [5.41, 5.74) is 3.31. The Hall–Kier alpha value is -2.94. The molecule has 152 valence electrons.